The molecule has 0 bridgehead atoms. The van der Waals surface area contributed by atoms with E-state index >= 15 is 0 Å². The van der Waals surface area contributed by atoms with Crippen molar-refractivity contribution in [2.45, 2.75) is 433 Å². The molecule has 0 heterocycles. The lowest BCUT2D eigenvalue weighted by molar-refractivity contribution is -0.161. The second kappa shape index (κ2) is 70.1. The Hall–Kier alpha value is -1.94. The van der Waals surface area contributed by atoms with Crippen LogP contribution in [0.5, 0.6) is 0 Å². The summed E-state index contributed by atoms with van der Waals surface area (Å²) in [6.45, 7) is 14.3. The molecule has 0 fully saturated rings. The van der Waals surface area contributed by atoms with Gasteiger partial charge in [-0.2, -0.15) is 0 Å². The second-order valence-corrected chi connectivity index (χ2v) is 33.5. The molecule has 0 aliphatic heterocycles. The second-order valence-electron chi connectivity index (χ2n) is 30.6. The topological polar surface area (TPSA) is 237 Å². The normalized spacial score (nSPS) is 14.6. The van der Waals surface area contributed by atoms with Gasteiger partial charge in [-0.25, -0.2) is 9.13 Å². The Kier molecular flexibility index (Phi) is 68.7. The van der Waals surface area contributed by atoms with Crippen molar-refractivity contribution in [3.05, 3.63) is 0 Å². The lowest BCUT2D eigenvalue weighted by Crippen LogP contribution is -2.30. The van der Waals surface area contributed by atoms with E-state index in [1.165, 1.54) is 212 Å². The first kappa shape index (κ1) is 98.1. The highest BCUT2D eigenvalue weighted by Gasteiger charge is 2.30. The summed E-state index contributed by atoms with van der Waals surface area (Å²) < 4.78 is 68.7. The molecular weight excluding hydrogens is 1310 g/mol. The minimum atomic E-state index is -4.96. The molecular formula is C81H158O17P2. The van der Waals surface area contributed by atoms with Gasteiger partial charge in [-0.15, -0.1) is 0 Å². The van der Waals surface area contributed by atoms with E-state index in [1.54, 1.807) is 0 Å². The van der Waals surface area contributed by atoms with Crippen LogP contribution >= 0.6 is 15.6 Å². The number of aliphatic hydroxyl groups is 1. The van der Waals surface area contributed by atoms with Gasteiger partial charge >= 0.3 is 39.5 Å². The number of aliphatic hydroxyl groups excluding tert-OH is 1. The Bertz CT molecular complexity index is 1960. The van der Waals surface area contributed by atoms with Crippen molar-refractivity contribution in [3.63, 3.8) is 0 Å². The molecule has 594 valence electrons. The molecule has 3 N–H and O–H groups in total. The number of esters is 4. The smallest absolute Gasteiger partial charge is 0.462 e. The molecule has 0 radical (unpaired) electrons. The molecule has 0 aliphatic rings. The van der Waals surface area contributed by atoms with E-state index in [4.69, 9.17) is 37.0 Å². The fourth-order valence-electron chi connectivity index (χ4n) is 12.4. The average molecular weight is 1470 g/mol. The molecule has 0 aromatic rings. The average Bonchev–Trinajstić information content (AvgIpc) is 0.942. The Morgan fingerprint density at radius 1 is 0.280 bits per heavy atom. The third-order valence-electron chi connectivity index (χ3n) is 19.5. The van der Waals surface area contributed by atoms with Gasteiger partial charge in [-0.05, 0) is 49.4 Å². The summed E-state index contributed by atoms with van der Waals surface area (Å²) in [4.78, 5) is 73.0. The van der Waals surface area contributed by atoms with Gasteiger partial charge < -0.3 is 33.8 Å². The number of hydrogen-bond acceptors (Lipinski definition) is 15. The van der Waals surface area contributed by atoms with Crippen molar-refractivity contribution in [1.29, 1.82) is 0 Å². The number of phosphoric acid groups is 2. The van der Waals surface area contributed by atoms with Crippen LogP contribution in [0.25, 0.3) is 0 Å². The molecule has 100 heavy (non-hydrogen) atoms. The molecule has 7 atom stereocenters. The number of rotatable bonds is 78. The van der Waals surface area contributed by atoms with Gasteiger partial charge in [0.15, 0.2) is 12.2 Å². The van der Waals surface area contributed by atoms with Crippen LogP contribution in [0, 0.1) is 23.7 Å². The van der Waals surface area contributed by atoms with Crippen LogP contribution < -0.4 is 0 Å². The number of hydrogen-bond donors (Lipinski definition) is 3. The fraction of sp³-hybridized carbons (Fsp3) is 0.951. The summed E-state index contributed by atoms with van der Waals surface area (Å²) in [7, 11) is -9.92. The summed E-state index contributed by atoms with van der Waals surface area (Å²) in [6, 6.07) is 0. The van der Waals surface area contributed by atoms with Crippen LogP contribution in [0.3, 0.4) is 0 Å². The van der Waals surface area contributed by atoms with E-state index in [0.29, 0.717) is 25.7 Å². The molecule has 0 aromatic carbocycles. The van der Waals surface area contributed by atoms with Crippen molar-refractivity contribution in [1.82, 2.24) is 0 Å². The summed E-state index contributed by atoms with van der Waals surface area (Å²) in [5.41, 5.74) is 0. The van der Waals surface area contributed by atoms with Crippen molar-refractivity contribution in [2.75, 3.05) is 39.6 Å². The van der Waals surface area contributed by atoms with Crippen LogP contribution in [0.1, 0.15) is 415 Å². The van der Waals surface area contributed by atoms with E-state index in [9.17, 15) is 43.2 Å². The lowest BCUT2D eigenvalue weighted by atomic mass is 9.99. The van der Waals surface area contributed by atoms with Gasteiger partial charge in [0.2, 0.25) is 0 Å². The molecule has 19 heteroatoms. The molecule has 0 saturated heterocycles. The minimum Gasteiger partial charge on any atom is -0.462 e. The molecule has 0 amide bonds. The van der Waals surface area contributed by atoms with Crippen LogP contribution in [0.15, 0.2) is 0 Å². The Morgan fingerprint density at radius 2 is 0.480 bits per heavy atom. The Morgan fingerprint density at radius 3 is 0.710 bits per heavy atom. The molecule has 17 nitrogen and oxygen atoms in total. The van der Waals surface area contributed by atoms with E-state index in [-0.39, 0.29) is 25.7 Å². The zero-order chi connectivity index (χ0) is 73.8. The zero-order valence-electron chi connectivity index (χ0n) is 65.8. The maximum absolute atomic E-state index is 13.1. The first-order valence-electron chi connectivity index (χ1n) is 41.8. The molecule has 4 unspecified atom stereocenters. The number of carbonyl (C=O) groups is 4. The van der Waals surface area contributed by atoms with Gasteiger partial charge in [0, 0.05) is 25.7 Å². The monoisotopic (exact) mass is 1470 g/mol. The maximum atomic E-state index is 13.1. The quantitative estimate of drug-likeness (QED) is 0.0222. The van der Waals surface area contributed by atoms with Crippen molar-refractivity contribution >= 4 is 39.5 Å². The lowest BCUT2D eigenvalue weighted by Gasteiger charge is -2.21. The largest absolute Gasteiger partial charge is 0.472 e. The van der Waals surface area contributed by atoms with E-state index in [2.05, 4.69) is 55.4 Å². The molecule has 0 aromatic heterocycles. The van der Waals surface area contributed by atoms with Gasteiger partial charge in [0.1, 0.15) is 19.3 Å². The minimum absolute atomic E-state index is 0.106. The number of phosphoric ester groups is 2. The predicted octanol–water partition coefficient (Wildman–Crippen LogP) is 24.0. The van der Waals surface area contributed by atoms with Gasteiger partial charge in [0.25, 0.3) is 0 Å². The van der Waals surface area contributed by atoms with Crippen LogP contribution in [0.4, 0.5) is 0 Å². The standard InChI is InChI=1S/C81H158O17P2/c1-9-73(7)59-51-43-35-29-22-17-15-13-11-12-14-16-18-24-31-37-47-55-63-80(85)98-77(68-92-79(84)62-54-46-40-39-44-52-60-74(8)10-2)70-96-100(89,90)94-66-75(82)65-93-99(87,88)95-69-76(97-81(86)64-56-48-38-32-26-25-28-34-42-50-58-72(5)6)67-91-78(83)61-53-45-36-30-23-20-19-21-27-33-41-49-57-71(3)4/h71-77,82H,9-70H2,1-8H3,(H,87,88)(H,89,90)/t73?,74?,75-,76-,77-/m1/s1. The highest BCUT2D eigenvalue weighted by molar-refractivity contribution is 7.47. The van der Waals surface area contributed by atoms with E-state index in [1.807, 2.05) is 0 Å². The molecule has 0 aliphatic carbocycles. The Labute approximate surface area is 613 Å². The Balaban J connectivity index is 5.19. The van der Waals surface area contributed by atoms with Crippen molar-refractivity contribution in [3.8, 4) is 0 Å². The van der Waals surface area contributed by atoms with Crippen molar-refractivity contribution < 1.29 is 80.2 Å². The van der Waals surface area contributed by atoms with Crippen LogP contribution in [-0.2, 0) is 65.4 Å². The van der Waals surface area contributed by atoms with Gasteiger partial charge in [-0.1, -0.05) is 364 Å². The molecule has 0 saturated carbocycles. The third kappa shape index (κ3) is 71.7. The maximum Gasteiger partial charge on any atom is 0.472 e. The summed E-state index contributed by atoms with van der Waals surface area (Å²) in [5, 5.41) is 10.6. The first-order chi connectivity index (χ1) is 48.2. The summed E-state index contributed by atoms with van der Waals surface area (Å²) >= 11 is 0. The summed E-state index contributed by atoms with van der Waals surface area (Å²) in [6.07, 6.45) is 56.9. The third-order valence-corrected chi connectivity index (χ3v) is 21.4. The van der Waals surface area contributed by atoms with Gasteiger partial charge in [-0.3, -0.25) is 37.3 Å². The SMILES string of the molecule is CCC(C)CCCCCCCCCCCCCCCCCCCCC(=O)O[C@H](COC(=O)CCCCCCCCC(C)CC)COP(=O)(O)OC[C@H](O)COP(=O)(O)OC[C@@H](COC(=O)CCCCCCCCCCCCCCC(C)C)OC(=O)CCCCCCCCCCCCC(C)C. The van der Waals surface area contributed by atoms with Gasteiger partial charge in [0.05, 0.1) is 26.4 Å². The fourth-order valence-corrected chi connectivity index (χ4v) is 13.9. The first-order valence-corrected chi connectivity index (χ1v) is 44.8. The van der Waals surface area contributed by atoms with Crippen LogP contribution in [0.2, 0.25) is 0 Å². The van der Waals surface area contributed by atoms with Crippen molar-refractivity contribution in [2.24, 2.45) is 23.7 Å². The number of ether oxygens (including phenoxy) is 4. The highest BCUT2D eigenvalue weighted by Crippen LogP contribution is 2.45. The highest BCUT2D eigenvalue weighted by atomic mass is 31.2. The predicted molar refractivity (Wildman–Crippen MR) is 409 cm³/mol. The van der Waals surface area contributed by atoms with E-state index < -0.39 is 97.5 Å². The summed E-state index contributed by atoms with van der Waals surface area (Å²) in [5.74, 6) is 1.02. The zero-order valence-corrected chi connectivity index (χ0v) is 67.6. The van der Waals surface area contributed by atoms with Crippen LogP contribution in [-0.4, -0.2) is 96.7 Å². The number of carbonyl (C=O) groups excluding carboxylic acids is 4. The molecule has 0 spiro atoms. The number of unbranched alkanes of at least 4 members (excludes halogenated alkanes) is 42. The van der Waals surface area contributed by atoms with E-state index in [0.717, 1.165) is 120 Å². The molecule has 0 rings (SSSR count).